The van der Waals surface area contributed by atoms with E-state index in [1.165, 1.54) is 40.3 Å². The number of carbonyl (C=O) groups is 1. The molecular weight excluding hydrogens is 557 g/mol. The lowest BCUT2D eigenvalue weighted by Gasteiger charge is -2.12. The molecule has 1 aliphatic rings. The number of thioether (sulfide) groups is 1. The molecule has 0 fully saturated rings. The molecule has 4 aromatic rings. The third-order valence-electron chi connectivity index (χ3n) is 5.57. The van der Waals surface area contributed by atoms with Gasteiger partial charge < -0.3 is 22.0 Å². The fourth-order valence-electron chi connectivity index (χ4n) is 3.79. The van der Waals surface area contributed by atoms with Crippen molar-refractivity contribution in [1.29, 1.82) is 0 Å². The first-order valence-corrected chi connectivity index (χ1v) is 13.6. The van der Waals surface area contributed by atoms with Crippen LogP contribution in [0, 0.1) is 0 Å². The van der Waals surface area contributed by atoms with E-state index in [0.717, 1.165) is 20.6 Å². The van der Waals surface area contributed by atoms with Crippen molar-refractivity contribution < 1.29 is 26.5 Å². The minimum atomic E-state index is -0.470. The number of ether oxygens (including phenoxy) is 1. The molecule has 0 saturated heterocycles. The van der Waals surface area contributed by atoms with Crippen LogP contribution < -0.4 is 36.6 Å². The number of benzene rings is 2. The zero-order valence-corrected chi connectivity index (χ0v) is 23.3. The lowest BCUT2D eigenvalue weighted by Crippen LogP contribution is -3.00. The summed E-state index contributed by atoms with van der Waals surface area (Å²) in [5, 5.41) is 4.46. The van der Waals surface area contributed by atoms with Gasteiger partial charge in [0.1, 0.15) is 20.8 Å². The lowest BCUT2D eigenvalue weighted by molar-refractivity contribution is -0.685. The van der Waals surface area contributed by atoms with E-state index in [-0.39, 0.29) is 24.5 Å². The number of aromatic nitrogens is 2. The topological polar surface area (TPSA) is 55.4 Å². The van der Waals surface area contributed by atoms with E-state index in [2.05, 4.69) is 16.7 Å². The molecule has 3 heterocycles. The number of fused-ring (bicyclic) bond motifs is 1. The van der Waals surface area contributed by atoms with Gasteiger partial charge in [-0.2, -0.15) is 4.57 Å². The van der Waals surface area contributed by atoms with E-state index in [0.29, 0.717) is 20.8 Å². The highest BCUT2D eigenvalue weighted by Gasteiger charge is 2.25. The summed E-state index contributed by atoms with van der Waals surface area (Å²) in [6.45, 7) is 0.559. The minimum Gasteiger partial charge on any atom is -1.00 e. The van der Waals surface area contributed by atoms with Crippen LogP contribution in [0.5, 0.6) is 0 Å². The summed E-state index contributed by atoms with van der Waals surface area (Å²) in [6.07, 6.45) is 3.99. The predicted octanol–water partition coefficient (Wildman–Crippen LogP) is 0.274. The molecule has 0 bridgehead atoms. The quantitative estimate of drug-likeness (QED) is 0.252. The molecule has 0 spiro atoms. The molecular formula is C25H21Cl2N3O3S3. The molecule has 0 saturated carbocycles. The van der Waals surface area contributed by atoms with E-state index in [1.54, 1.807) is 11.3 Å². The molecule has 36 heavy (non-hydrogen) atoms. The van der Waals surface area contributed by atoms with E-state index in [9.17, 15) is 9.59 Å². The van der Waals surface area contributed by atoms with Gasteiger partial charge in [0.05, 0.1) is 24.3 Å². The van der Waals surface area contributed by atoms with Crippen molar-refractivity contribution in [3.8, 4) is 0 Å². The summed E-state index contributed by atoms with van der Waals surface area (Å²) in [5.41, 5.74) is 1.96. The van der Waals surface area contributed by atoms with Crippen LogP contribution in [0.15, 0.2) is 69.8 Å². The van der Waals surface area contributed by atoms with Crippen LogP contribution in [0.3, 0.4) is 0 Å². The predicted molar refractivity (Wildman–Crippen MR) is 143 cm³/mol. The maximum absolute atomic E-state index is 13.6. The van der Waals surface area contributed by atoms with Crippen molar-refractivity contribution in [2.75, 3.05) is 19.1 Å². The summed E-state index contributed by atoms with van der Waals surface area (Å²) in [7, 11) is 3.26. The Morgan fingerprint density at radius 3 is 2.72 bits per heavy atom. The fraction of sp³-hybridized carbons (Fsp3) is 0.160. The second-order valence-electron chi connectivity index (χ2n) is 7.81. The molecule has 0 unspecified atom stereocenters. The van der Waals surface area contributed by atoms with E-state index >= 15 is 0 Å². The molecule has 0 atom stereocenters. The van der Waals surface area contributed by atoms with Gasteiger partial charge in [-0.3, -0.25) is 14.2 Å². The van der Waals surface area contributed by atoms with Crippen LogP contribution in [-0.4, -0.2) is 24.7 Å². The standard InChI is InChI=1S/C25H21ClN3O3S3.ClH/c1-27-18-9-8-17(26)12-19(18)34-25(27)23-24(31)29(15-22(30)32-2)21(35-23)13-20-28(10-11-33-20)14-16-6-4-3-5-7-16;/h3-13H,14-15H2,1-2H3;1H/q+1;/p-1/b25-23+;. The summed E-state index contributed by atoms with van der Waals surface area (Å²) in [6, 6.07) is 15.9. The average molecular weight is 579 g/mol. The molecule has 2 aromatic heterocycles. The number of anilines is 1. The van der Waals surface area contributed by atoms with Crippen LogP contribution in [0.4, 0.5) is 5.69 Å². The van der Waals surface area contributed by atoms with Gasteiger partial charge in [-0.25, -0.2) is 0 Å². The first-order valence-electron chi connectivity index (χ1n) is 10.7. The van der Waals surface area contributed by atoms with Crippen molar-refractivity contribution in [3.63, 3.8) is 0 Å². The van der Waals surface area contributed by atoms with Gasteiger partial charge in [0.15, 0.2) is 12.7 Å². The number of rotatable bonds is 5. The van der Waals surface area contributed by atoms with Gasteiger partial charge in [0, 0.05) is 22.5 Å². The van der Waals surface area contributed by atoms with Gasteiger partial charge in [-0.15, -0.1) is 11.3 Å². The molecule has 186 valence electrons. The van der Waals surface area contributed by atoms with E-state index < -0.39 is 5.97 Å². The molecule has 0 aliphatic carbocycles. The second-order valence-corrected chi connectivity index (χ2v) is 11.2. The molecule has 1 aliphatic heterocycles. The number of carbonyl (C=O) groups excluding carboxylic acids is 1. The highest BCUT2D eigenvalue weighted by atomic mass is 35.5. The molecule has 0 amide bonds. The van der Waals surface area contributed by atoms with Crippen molar-refractivity contribution in [1.82, 2.24) is 4.57 Å². The summed E-state index contributed by atoms with van der Waals surface area (Å²) >= 11 is 10.7. The Labute approximate surface area is 231 Å². The lowest BCUT2D eigenvalue weighted by atomic mass is 10.2. The van der Waals surface area contributed by atoms with Gasteiger partial charge >= 0.3 is 5.97 Å². The molecule has 5 rings (SSSR count). The van der Waals surface area contributed by atoms with Gasteiger partial charge in [0.25, 0.3) is 10.6 Å². The SMILES string of the molecule is COC(=O)Cn1c(=O)/c(=C2\Sc3cc(Cl)ccc3N2C)s/c1=C\c1scc[n+]1Cc1ccccc1.[Cl-]. The Bertz CT molecular complexity index is 1600. The number of hydrogen-bond donors (Lipinski definition) is 0. The number of nitrogens with zero attached hydrogens (tertiary/aromatic N) is 3. The summed E-state index contributed by atoms with van der Waals surface area (Å²) in [5.74, 6) is -0.470. The Balaban J connectivity index is 0.00000304. The van der Waals surface area contributed by atoms with Crippen LogP contribution in [0.25, 0.3) is 11.1 Å². The van der Waals surface area contributed by atoms with Crippen molar-refractivity contribution in [3.05, 3.63) is 95.3 Å². The number of thiazole rings is 2. The average Bonchev–Trinajstić information content (AvgIpc) is 3.51. The monoisotopic (exact) mass is 577 g/mol. The Kier molecular flexibility index (Phi) is 8.27. The van der Waals surface area contributed by atoms with Crippen molar-refractivity contribution >= 4 is 68.8 Å². The third kappa shape index (κ3) is 5.26. The number of hydrogen-bond acceptors (Lipinski definition) is 7. The maximum Gasteiger partial charge on any atom is 0.325 e. The highest BCUT2D eigenvalue weighted by molar-refractivity contribution is 8.08. The van der Waals surface area contributed by atoms with Gasteiger partial charge in [0.2, 0.25) is 0 Å². The highest BCUT2D eigenvalue weighted by Crippen LogP contribution is 2.46. The van der Waals surface area contributed by atoms with Crippen molar-refractivity contribution in [2.45, 2.75) is 18.0 Å². The molecule has 11 heteroatoms. The van der Waals surface area contributed by atoms with Crippen LogP contribution in [0.2, 0.25) is 5.02 Å². The Hall–Kier alpha value is -2.56. The molecule has 0 N–H and O–H groups in total. The third-order valence-corrected chi connectivity index (χ3v) is 9.12. The van der Waals surface area contributed by atoms with Crippen LogP contribution in [-0.2, 0) is 22.6 Å². The first kappa shape index (κ1) is 26.5. The Morgan fingerprint density at radius 1 is 1.19 bits per heavy atom. The van der Waals surface area contributed by atoms with Gasteiger partial charge in [-0.05, 0) is 18.2 Å². The summed E-state index contributed by atoms with van der Waals surface area (Å²) in [4.78, 5) is 28.7. The zero-order chi connectivity index (χ0) is 24.5. The second kappa shape index (κ2) is 11.2. The van der Waals surface area contributed by atoms with Crippen LogP contribution in [0.1, 0.15) is 10.6 Å². The first-order chi connectivity index (χ1) is 16.9. The number of esters is 1. The summed E-state index contributed by atoms with van der Waals surface area (Å²) < 4.78 is 9.77. The van der Waals surface area contributed by atoms with E-state index in [1.807, 2.05) is 66.0 Å². The Morgan fingerprint density at radius 2 is 1.97 bits per heavy atom. The number of methoxy groups -OCH3 is 1. The van der Waals surface area contributed by atoms with Gasteiger partial charge in [-0.1, -0.05) is 65.0 Å². The number of halogens is 2. The molecule has 2 aromatic carbocycles. The molecule has 6 nitrogen and oxygen atoms in total. The fourth-order valence-corrected chi connectivity index (χ4v) is 7.31. The molecule has 0 radical (unpaired) electrons. The maximum atomic E-state index is 13.6. The zero-order valence-electron chi connectivity index (χ0n) is 19.3. The minimum absolute atomic E-state index is 0. The van der Waals surface area contributed by atoms with Crippen LogP contribution >= 0.6 is 46.0 Å². The largest absolute Gasteiger partial charge is 1.00 e. The van der Waals surface area contributed by atoms with E-state index in [4.69, 9.17) is 16.3 Å². The van der Waals surface area contributed by atoms with Crippen molar-refractivity contribution in [2.24, 2.45) is 0 Å². The normalized spacial score (nSPS) is 14.5. The smallest absolute Gasteiger partial charge is 0.325 e.